The molecular weight excluding hydrogens is 284 g/mol. The Kier molecular flexibility index (Phi) is 3.00. The molecule has 0 N–H and O–H groups in total. The van der Waals surface area contributed by atoms with Crippen LogP contribution in [0.1, 0.15) is 11.8 Å². The van der Waals surface area contributed by atoms with E-state index in [2.05, 4.69) is 22.3 Å². The maximum absolute atomic E-state index is 11.7. The zero-order valence-corrected chi connectivity index (χ0v) is 12.0. The summed E-state index contributed by atoms with van der Waals surface area (Å²) in [5, 5.41) is 6.33. The minimum absolute atomic E-state index is 0.175. The van der Waals surface area contributed by atoms with Crippen LogP contribution in [0.3, 0.4) is 0 Å². The third kappa shape index (κ3) is 2.23. The van der Waals surface area contributed by atoms with E-state index in [1.807, 2.05) is 30.3 Å². The molecule has 3 aromatic rings. The zero-order chi connectivity index (χ0) is 14.2. The van der Waals surface area contributed by atoms with Gasteiger partial charge in [-0.3, -0.25) is 4.79 Å². The second-order valence-electron chi connectivity index (χ2n) is 5.05. The summed E-state index contributed by atoms with van der Waals surface area (Å²) in [5.41, 5.74) is 0.904. The molecule has 0 aliphatic carbocycles. The highest BCUT2D eigenvalue weighted by molar-refractivity contribution is 8.00. The van der Waals surface area contributed by atoms with Crippen molar-refractivity contribution in [3.63, 3.8) is 0 Å². The Morgan fingerprint density at radius 2 is 2.00 bits per heavy atom. The topological polar surface area (TPSA) is 56.0 Å². The number of nitrogens with zero attached hydrogens (tertiary/aromatic N) is 2. The first kappa shape index (κ1) is 12.6. The number of Topliss-reactive ketones (excluding diaryl/α,β-unsaturated/α-hetero) is 1. The first-order valence-electron chi connectivity index (χ1n) is 6.74. The Morgan fingerprint density at radius 3 is 2.81 bits per heavy atom. The summed E-state index contributed by atoms with van der Waals surface area (Å²) in [5.74, 6) is 2.19. The average Bonchev–Trinajstić information content (AvgIpc) is 3.15. The van der Waals surface area contributed by atoms with Crippen molar-refractivity contribution in [3.05, 3.63) is 48.4 Å². The van der Waals surface area contributed by atoms with E-state index in [0.29, 0.717) is 17.5 Å². The van der Waals surface area contributed by atoms with Crippen molar-refractivity contribution in [2.45, 2.75) is 5.92 Å². The average molecular weight is 296 g/mol. The van der Waals surface area contributed by atoms with Crippen LogP contribution in [0.4, 0.5) is 0 Å². The van der Waals surface area contributed by atoms with Gasteiger partial charge in [-0.25, -0.2) is 0 Å². The quantitative estimate of drug-likeness (QED) is 0.726. The monoisotopic (exact) mass is 296 g/mol. The highest BCUT2D eigenvalue weighted by Gasteiger charge is 2.31. The summed E-state index contributed by atoms with van der Waals surface area (Å²) in [6, 6.07) is 14.2. The lowest BCUT2D eigenvalue weighted by Crippen LogP contribution is -2.09. The van der Waals surface area contributed by atoms with Crippen molar-refractivity contribution in [1.29, 1.82) is 0 Å². The van der Waals surface area contributed by atoms with Gasteiger partial charge in [0, 0.05) is 11.3 Å². The summed E-state index contributed by atoms with van der Waals surface area (Å²) in [6.45, 7) is 0. The molecule has 1 unspecified atom stereocenters. The summed E-state index contributed by atoms with van der Waals surface area (Å²) in [7, 11) is 0. The van der Waals surface area contributed by atoms with Crippen molar-refractivity contribution in [3.8, 4) is 11.4 Å². The molecule has 0 amide bonds. The van der Waals surface area contributed by atoms with E-state index in [-0.39, 0.29) is 11.7 Å². The van der Waals surface area contributed by atoms with Crippen LogP contribution in [-0.2, 0) is 4.79 Å². The van der Waals surface area contributed by atoms with Crippen LogP contribution >= 0.6 is 11.8 Å². The number of aromatic nitrogens is 2. The SMILES string of the molecule is O=C1CSCC1c1nc(-c2ccc3ccccc3c2)no1. The van der Waals surface area contributed by atoms with Crippen molar-refractivity contribution in [2.75, 3.05) is 11.5 Å². The Bertz CT molecular complexity index is 828. The molecule has 5 heteroatoms. The van der Waals surface area contributed by atoms with Crippen LogP contribution in [0.15, 0.2) is 47.0 Å². The first-order valence-corrected chi connectivity index (χ1v) is 7.90. The predicted octanol–water partition coefficient (Wildman–Crippen LogP) is 3.29. The summed E-state index contributed by atoms with van der Waals surface area (Å²) >= 11 is 1.61. The highest BCUT2D eigenvalue weighted by atomic mass is 32.2. The van der Waals surface area contributed by atoms with Gasteiger partial charge in [0.2, 0.25) is 11.7 Å². The molecule has 1 aliphatic heterocycles. The number of hydrogen-bond acceptors (Lipinski definition) is 5. The molecule has 2 heterocycles. The zero-order valence-electron chi connectivity index (χ0n) is 11.2. The number of fused-ring (bicyclic) bond motifs is 1. The lowest BCUT2D eigenvalue weighted by Gasteiger charge is -1.99. The second-order valence-corrected chi connectivity index (χ2v) is 6.08. The third-order valence-electron chi connectivity index (χ3n) is 3.66. The fraction of sp³-hybridized carbons (Fsp3) is 0.188. The van der Waals surface area contributed by atoms with Crippen molar-refractivity contribution in [1.82, 2.24) is 10.1 Å². The van der Waals surface area contributed by atoms with Crippen LogP contribution < -0.4 is 0 Å². The molecule has 104 valence electrons. The van der Waals surface area contributed by atoms with E-state index in [0.717, 1.165) is 16.7 Å². The van der Waals surface area contributed by atoms with E-state index in [9.17, 15) is 4.79 Å². The maximum atomic E-state index is 11.7. The molecule has 1 aliphatic rings. The minimum Gasteiger partial charge on any atom is -0.338 e. The Balaban J connectivity index is 1.72. The number of ketones is 1. The van der Waals surface area contributed by atoms with Crippen LogP contribution in [-0.4, -0.2) is 27.4 Å². The van der Waals surface area contributed by atoms with Crippen LogP contribution in [0.2, 0.25) is 0 Å². The van der Waals surface area contributed by atoms with Crippen molar-refractivity contribution in [2.24, 2.45) is 0 Å². The summed E-state index contributed by atoms with van der Waals surface area (Å²) < 4.78 is 5.29. The Morgan fingerprint density at radius 1 is 1.14 bits per heavy atom. The van der Waals surface area contributed by atoms with Gasteiger partial charge in [-0.1, -0.05) is 41.6 Å². The number of carbonyl (C=O) groups is 1. The fourth-order valence-corrected chi connectivity index (χ4v) is 3.59. The number of thioether (sulfide) groups is 1. The lowest BCUT2D eigenvalue weighted by molar-refractivity contribution is -0.117. The van der Waals surface area contributed by atoms with Gasteiger partial charge in [0.25, 0.3) is 0 Å². The Labute approximate surface area is 125 Å². The standard InChI is InChI=1S/C16H12N2O2S/c19-14-9-21-8-13(14)16-17-15(18-20-16)12-6-5-10-3-1-2-4-11(10)7-12/h1-7,13H,8-9H2. The summed E-state index contributed by atoms with van der Waals surface area (Å²) in [6.07, 6.45) is 0. The predicted molar refractivity (Wildman–Crippen MR) is 82.3 cm³/mol. The smallest absolute Gasteiger partial charge is 0.238 e. The van der Waals surface area contributed by atoms with Gasteiger partial charge >= 0.3 is 0 Å². The van der Waals surface area contributed by atoms with Crippen molar-refractivity contribution >= 4 is 28.3 Å². The third-order valence-corrected chi connectivity index (χ3v) is 4.72. The van der Waals surface area contributed by atoms with Gasteiger partial charge in [-0.05, 0) is 16.8 Å². The molecule has 0 saturated carbocycles. The van der Waals surface area contributed by atoms with Gasteiger partial charge in [-0.15, -0.1) is 0 Å². The fourth-order valence-electron chi connectivity index (χ4n) is 2.50. The van der Waals surface area contributed by atoms with Gasteiger partial charge in [0.1, 0.15) is 5.92 Å². The first-order chi connectivity index (χ1) is 10.3. The number of hydrogen-bond donors (Lipinski definition) is 0. The second kappa shape index (κ2) is 5.00. The minimum atomic E-state index is -0.239. The molecule has 21 heavy (non-hydrogen) atoms. The Hall–Kier alpha value is -2.14. The van der Waals surface area contributed by atoms with E-state index in [4.69, 9.17) is 4.52 Å². The molecule has 1 aromatic heterocycles. The summed E-state index contributed by atoms with van der Waals surface area (Å²) in [4.78, 5) is 16.2. The molecule has 1 saturated heterocycles. The molecule has 0 spiro atoms. The van der Waals surface area contributed by atoms with Crippen LogP contribution in [0.5, 0.6) is 0 Å². The van der Waals surface area contributed by atoms with Crippen LogP contribution in [0, 0.1) is 0 Å². The molecule has 2 aromatic carbocycles. The highest BCUT2D eigenvalue weighted by Crippen LogP contribution is 2.30. The van der Waals surface area contributed by atoms with Gasteiger partial charge < -0.3 is 4.52 Å². The number of carbonyl (C=O) groups excluding carboxylic acids is 1. The largest absolute Gasteiger partial charge is 0.338 e. The molecular formula is C16H12N2O2S. The molecule has 1 fully saturated rings. The maximum Gasteiger partial charge on any atom is 0.238 e. The van der Waals surface area contributed by atoms with Gasteiger partial charge in [-0.2, -0.15) is 16.7 Å². The molecule has 0 radical (unpaired) electrons. The van der Waals surface area contributed by atoms with Gasteiger partial charge in [0.05, 0.1) is 5.75 Å². The van der Waals surface area contributed by atoms with Crippen molar-refractivity contribution < 1.29 is 9.32 Å². The number of benzene rings is 2. The molecule has 4 nitrogen and oxygen atoms in total. The lowest BCUT2D eigenvalue weighted by atomic mass is 10.1. The van der Waals surface area contributed by atoms with E-state index < -0.39 is 0 Å². The van der Waals surface area contributed by atoms with Crippen LogP contribution in [0.25, 0.3) is 22.2 Å². The normalized spacial score (nSPS) is 18.5. The van der Waals surface area contributed by atoms with Gasteiger partial charge in [0.15, 0.2) is 5.78 Å². The molecule has 1 atom stereocenters. The van der Waals surface area contributed by atoms with E-state index in [1.54, 1.807) is 11.8 Å². The molecule has 4 rings (SSSR count). The van der Waals surface area contributed by atoms with E-state index >= 15 is 0 Å². The van der Waals surface area contributed by atoms with E-state index in [1.165, 1.54) is 5.39 Å². The number of rotatable bonds is 2. The molecule has 0 bridgehead atoms.